The summed E-state index contributed by atoms with van der Waals surface area (Å²) in [5.41, 5.74) is 10.7. The van der Waals surface area contributed by atoms with Gasteiger partial charge in [0.05, 0.1) is 23.2 Å². The Morgan fingerprint density at radius 1 is 1.17 bits per heavy atom. The first-order valence-corrected chi connectivity index (χ1v) is 7.37. The number of fused-ring (bicyclic) bond motifs is 3. The first-order valence-electron chi connectivity index (χ1n) is 7.37. The van der Waals surface area contributed by atoms with Crippen LogP contribution in [0.5, 0.6) is 11.5 Å². The van der Waals surface area contributed by atoms with Gasteiger partial charge >= 0.3 is 0 Å². The zero-order valence-electron chi connectivity index (χ0n) is 12.3. The van der Waals surface area contributed by atoms with Crippen molar-refractivity contribution in [3.05, 3.63) is 47.5 Å². The number of anilines is 1. The summed E-state index contributed by atoms with van der Waals surface area (Å²) in [7, 11) is 0. The molecule has 0 spiro atoms. The van der Waals surface area contributed by atoms with E-state index in [0.717, 1.165) is 39.9 Å². The van der Waals surface area contributed by atoms with Crippen LogP contribution >= 0.6 is 0 Å². The van der Waals surface area contributed by atoms with Crippen molar-refractivity contribution >= 4 is 22.8 Å². The van der Waals surface area contributed by atoms with Crippen LogP contribution in [0.15, 0.2) is 36.4 Å². The van der Waals surface area contributed by atoms with E-state index < -0.39 is 0 Å². The quantitative estimate of drug-likeness (QED) is 0.501. The minimum atomic E-state index is 0.223. The molecule has 2 aromatic carbocycles. The Kier molecular flexibility index (Phi) is 2.94. The van der Waals surface area contributed by atoms with Crippen molar-refractivity contribution in [2.75, 3.05) is 12.3 Å². The second-order valence-corrected chi connectivity index (χ2v) is 5.52. The van der Waals surface area contributed by atoms with E-state index in [0.29, 0.717) is 17.9 Å². The normalized spacial score (nSPS) is 12.9. The lowest BCUT2D eigenvalue weighted by Gasteiger charge is -2.13. The second-order valence-electron chi connectivity index (χ2n) is 5.52. The summed E-state index contributed by atoms with van der Waals surface area (Å²) in [5.74, 6) is 0.991. The standard InChI is InChI=1S/C18H15N3O2/c19-9-13-14(20)5-6-15-16(13)18-12(7-8-23-18)17(21-15)10-1-3-11(22)4-2-10/h1-6,9,19,22H,7-8,20H2. The van der Waals surface area contributed by atoms with Crippen molar-refractivity contribution in [3.63, 3.8) is 0 Å². The average molecular weight is 305 g/mol. The van der Waals surface area contributed by atoms with Crippen molar-refractivity contribution < 1.29 is 9.84 Å². The summed E-state index contributed by atoms with van der Waals surface area (Å²) in [6.45, 7) is 0.591. The summed E-state index contributed by atoms with van der Waals surface area (Å²) in [6.07, 6.45) is 2.02. The number of phenolic OH excluding ortho intramolecular Hbond substituents is 1. The molecule has 0 saturated heterocycles. The highest BCUT2D eigenvalue weighted by molar-refractivity contribution is 6.07. The van der Waals surface area contributed by atoms with Gasteiger partial charge in [-0.25, -0.2) is 4.98 Å². The van der Waals surface area contributed by atoms with Crippen LogP contribution in [0.4, 0.5) is 5.69 Å². The van der Waals surface area contributed by atoms with Crippen LogP contribution in [0.25, 0.3) is 22.2 Å². The zero-order chi connectivity index (χ0) is 16.0. The van der Waals surface area contributed by atoms with Gasteiger partial charge in [0.25, 0.3) is 0 Å². The van der Waals surface area contributed by atoms with Gasteiger partial charge in [0.15, 0.2) is 0 Å². The van der Waals surface area contributed by atoms with Gasteiger partial charge in [-0.05, 0) is 36.4 Å². The molecule has 0 radical (unpaired) electrons. The predicted octanol–water partition coefficient (Wildman–Crippen LogP) is 3.12. The van der Waals surface area contributed by atoms with Gasteiger partial charge < -0.3 is 21.0 Å². The molecule has 4 N–H and O–H groups in total. The maximum absolute atomic E-state index is 9.48. The molecule has 1 aliphatic rings. The molecule has 5 nitrogen and oxygen atoms in total. The number of aromatic hydroxyl groups is 1. The van der Waals surface area contributed by atoms with Crippen LogP contribution in [-0.2, 0) is 6.42 Å². The lowest BCUT2D eigenvalue weighted by Crippen LogP contribution is -1.99. The Bertz CT molecular complexity index is 933. The molecule has 1 aromatic heterocycles. The molecule has 3 aromatic rings. The number of nitrogens with zero attached hydrogens (tertiary/aromatic N) is 1. The van der Waals surface area contributed by atoms with E-state index in [1.807, 2.05) is 18.2 Å². The summed E-state index contributed by atoms with van der Waals surface area (Å²) in [6, 6.07) is 10.6. The van der Waals surface area contributed by atoms with Crippen molar-refractivity contribution in [1.82, 2.24) is 4.98 Å². The predicted molar refractivity (Wildman–Crippen MR) is 90.3 cm³/mol. The summed E-state index contributed by atoms with van der Waals surface area (Å²) < 4.78 is 5.85. The minimum absolute atomic E-state index is 0.223. The first-order chi connectivity index (χ1) is 11.2. The monoisotopic (exact) mass is 305 g/mol. The molecule has 0 amide bonds. The molecule has 0 saturated carbocycles. The molecule has 0 aliphatic carbocycles. The molecule has 23 heavy (non-hydrogen) atoms. The fraction of sp³-hybridized carbons (Fsp3) is 0.111. The Balaban J connectivity index is 2.07. The summed E-state index contributed by atoms with van der Waals surface area (Å²) in [5, 5.41) is 17.9. The van der Waals surface area contributed by atoms with Crippen molar-refractivity contribution in [1.29, 1.82) is 5.41 Å². The third-order valence-corrected chi connectivity index (χ3v) is 4.16. The Hall–Kier alpha value is -3.08. The molecule has 0 atom stereocenters. The van der Waals surface area contributed by atoms with Crippen LogP contribution in [0.3, 0.4) is 0 Å². The van der Waals surface area contributed by atoms with Gasteiger partial charge in [-0.3, -0.25) is 0 Å². The highest BCUT2D eigenvalue weighted by Gasteiger charge is 2.24. The van der Waals surface area contributed by atoms with Crippen molar-refractivity contribution in [2.24, 2.45) is 0 Å². The number of nitrogen functional groups attached to an aromatic ring is 1. The van der Waals surface area contributed by atoms with Crippen LogP contribution in [-0.4, -0.2) is 22.9 Å². The lowest BCUT2D eigenvalue weighted by atomic mass is 9.98. The molecular formula is C18H15N3O2. The molecule has 1 aliphatic heterocycles. The van der Waals surface area contributed by atoms with E-state index >= 15 is 0 Å². The van der Waals surface area contributed by atoms with Gasteiger partial charge in [-0.2, -0.15) is 0 Å². The van der Waals surface area contributed by atoms with Crippen LogP contribution < -0.4 is 10.5 Å². The van der Waals surface area contributed by atoms with E-state index in [4.69, 9.17) is 20.9 Å². The number of hydrogen-bond acceptors (Lipinski definition) is 5. The van der Waals surface area contributed by atoms with E-state index in [-0.39, 0.29) is 5.75 Å². The van der Waals surface area contributed by atoms with Gasteiger partial charge in [-0.1, -0.05) is 0 Å². The smallest absolute Gasteiger partial charge is 0.134 e. The van der Waals surface area contributed by atoms with Gasteiger partial charge in [0.2, 0.25) is 0 Å². The third kappa shape index (κ3) is 2.01. The number of pyridine rings is 1. The third-order valence-electron chi connectivity index (χ3n) is 4.16. The largest absolute Gasteiger partial charge is 0.508 e. The van der Waals surface area contributed by atoms with E-state index in [1.54, 1.807) is 18.2 Å². The molecule has 4 rings (SSSR count). The number of nitrogens with one attached hydrogen (secondary N) is 1. The van der Waals surface area contributed by atoms with Gasteiger partial charge in [-0.15, -0.1) is 0 Å². The van der Waals surface area contributed by atoms with E-state index in [1.165, 1.54) is 6.21 Å². The Labute approximate surface area is 132 Å². The fourth-order valence-corrected chi connectivity index (χ4v) is 3.06. The topological polar surface area (TPSA) is 92.2 Å². The minimum Gasteiger partial charge on any atom is -0.508 e. The summed E-state index contributed by atoms with van der Waals surface area (Å²) in [4.78, 5) is 4.78. The maximum atomic E-state index is 9.48. The van der Waals surface area contributed by atoms with Gasteiger partial charge in [0, 0.05) is 35.0 Å². The number of hydrogen-bond donors (Lipinski definition) is 3. The van der Waals surface area contributed by atoms with Crippen LogP contribution in [0.1, 0.15) is 11.1 Å². The second kappa shape index (κ2) is 4.98. The van der Waals surface area contributed by atoms with Gasteiger partial charge in [0.1, 0.15) is 11.5 Å². The Morgan fingerprint density at radius 2 is 1.96 bits per heavy atom. The molecule has 2 heterocycles. The first kappa shape index (κ1) is 13.6. The SMILES string of the molecule is N=Cc1c(N)ccc2nc(-c3ccc(O)cc3)c3c(c12)OCC3. The van der Waals surface area contributed by atoms with Crippen molar-refractivity contribution in [3.8, 4) is 22.8 Å². The van der Waals surface area contributed by atoms with E-state index in [9.17, 15) is 5.11 Å². The molecular weight excluding hydrogens is 290 g/mol. The maximum Gasteiger partial charge on any atom is 0.134 e. The zero-order valence-corrected chi connectivity index (χ0v) is 12.3. The Morgan fingerprint density at radius 3 is 2.70 bits per heavy atom. The number of ether oxygens (including phenoxy) is 1. The average Bonchev–Trinajstić information content (AvgIpc) is 3.04. The number of nitrogens with two attached hydrogens (primary N) is 1. The summed E-state index contributed by atoms with van der Waals surface area (Å²) >= 11 is 0. The number of benzene rings is 2. The van der Waals surface area contributed by atoms with Crippen molar-refractivity contribution in [2.45, 2.75) is 6.42 Å². The number of aromatic nitrogens is 1. The van der Waals surface area contributed by atoms with Crippen LogP contribution in [0, 0.1) is 5.41 Å². The van der Waals surface area contributed by atoms with Crippen LogP contribution in [0.2, 0.25) is 0 Å². The highest BCUT2D eigenvalue weighted by Crippen LogP contribution is 2.41. The fourth-order valence-electron chi connectivity index (χ4n) is 3.06. The molecule has 0 fully saturated rings. The molecule has 0 unspecified atom stereocenters. The van der Waals surface area contributed by atoms with E-state index in [2.05, 4.69) is 0 Å². The molecule has 0 bridgehead atoms. The molecule has 114 valence electrons. The lowest BCUT2D eigenvalue weighted by molar-refractivity contribution is 0.360. The number of rotatable bonds is 2. The number of phenols is 1. The highest BCUT2D eigenvalue weighted by atomic mass is 16.5. The molecule has 5 heteroatoms.